The van der Waals surface area contributed by atoms with Gasteiger partial charge in [0.1, 0.15) is 0 Å². The standard InChI is InChI=1S/C14H16N2/c1-3-10(2)11-4-5-13-12(6-7-15)9-16-14(13)8-11/h4-5,8-10,16H,3,6H2,1-2H3. The van der Waals surface area contributed by atoms with Crippen LogP contribution in [0.5, 0.6) is 0 Å². The van der Waals surface area contributed by atoms with Crippen molar-refractivity contribution in [2.75, 3.05) is 0 Å². The SMILES string of the molecule is CCC(C)c1ccc2c(CC#N)c[nH]c2c1. The molecule has 1 aromatic carbocycles. The van der Waals surface area contributed by atoms with E-state index in [1.165, 1.54) is 10.9 Å². The van der Waals surface area contributed by atoms with Crippen LogP contribution in [0.3, 0.4) is 0 Å². The summed E-state index contributed by atoms with van der Waals surface area (Å²) in [4.78, 5) is 3.24. The van der Waals surface area contributed by atoms with E-state index in [1.54, 1.807) is 0 Å². The number of aromatic nitrogens is 1. The maximum atomic E-state index is 8.71. The van der Waals surface area contributed by atoms with Crippen molar-refractivity contribution in [3.05, 3.63) is 35.5 Å². The van der Waals surface area contributed by atoms with E-state index in [4.69, 9.17) is 5.26 Å². The van der Waals surface area contributed by atoms with Gasteiger partial charge in [0.15, 0.2) is 0 Å². The number of hydrogen-bond donors (Lipinski definition) is 1. The van der Waals surface area contributed by atoms with Crippen LogP contribution in [0.4, 0.5) is 0 Å². The van der Waals surface area contributed by atoms with Gasteiger partial charge in [0, 0.05) is 17.1 Å². The lowest BCUT2D eigenvalue weighted by molar-refractivity contribution is 0.734. The Morgan fingerprint density at radius 1 is 1.44 bits per heavy atom. The van der Waals surface area contributed by atoms with Crippen molar-refractivity contribution in [2.24, 2.45) is 0 Å². The zero-order valence-electron chi connectivity index (χ0n) is 9.75. The normalized spacial score (nSPS) is 12.6. The minimum Gasteiger partial charge on any atom is -0.361 e. The molecule has 0 amide bonds. The number of nitrogens with zero attached hydrogens (tertiary/aromatic N) is 1. The van der Waals surface area contributed by atoms with Crippen LogP contribution >= 0.6 is 0 Å². The van der Waals surface area contributed by atoms with Crippen LogP contribution in [0.2, 0.25) is 0 Å². The van der Waals surface area contributed by atoms with Crippen LogP contribution in [0, 0.1) is 11.3 Å². The van der Waals surface area contributed by atoms with E-state index in [2.05, 4.69) is 43.1 Å². The van der Waals surface area contributed by atoms with Gasteiger partial charge in [-0.15, -0.1) is 0 Å². The van der Waals surface area contributed by atoms with Crippen molar-refractivity contribution in [1.29, 1.82) is 5.26 Å². The third-order valence-electron chi connectivity index (χ3n) is 3.24. The number of benzene rings is 1. The molecule has 0 saturated heterocycles. The molecular weight excluding hydrogens is 196 g/mol. The Morgan fingerprint density at radius 2 is 2.25 bits per heavy atom. The summed E-state index contributed by atoms with van der Waals surface area (Å²) in [7, 11) is 0. The molecule has 16 heavy (non-hydrogen) atoms. The first-order valence-corrected chi connectivity index (χ1v) is 5.73. The van der Waals surface area contributed by atoms with Gasteiger partial charge in [0.25, 0.3) is 0 Å². The van der Waals surface area contributed by atoms with E-state index < -0.39 is 0 Å². The molecule has 0 radical (unpaired) electrons. The molecule has 0 aliphatic heterocycles. The average molecular weight is 212 g/mol. The van der Waals surface area contributed by atoms with Crippen molar-refractivity contribution in [3.63, 3.8) is 0 Å². The van der Waals surface area contributed by atoms with Crippen LogP contribution < -0.4 is 0 Å². The predicted octanol–water partition coefficient (Wildman–Crippen LogP) is 3.75. The summed E-state index contributed by atoms with van der Waals surface area (Å²) in [5.41, 5.74) is 3.59. The maximum Gasteiger partial charge on any atom is 0.0670 e. The molecule has 0 saturated carbocycles. The van der Waals surface area contributed by atoms with Crippen molar-refractivity contribution in [1.82, 2.24) is 4.98 Å². The third-order valence-corrected chi connectivity index (χ3v) is 3.24. The van der Waals surface area contributed by atoms with Crippen LogP contribution in [-0.4, -0.2) is 4.98 Å². The molecule has 1 atom stereocenters. The Morgan fingerprint density at radius 3 is 2.94 bits per heavy atom. The molecule has 1 heterocycles. The van der Waals surface area contributed by atoms with Gasteiger partial charge in [-0.1, -0.05) is 26.0 Å². The molecule has 82 valence electrons. The summed E-state index contributed by atoms with van der Waals surface area (Å²) in [5.74, 6) is 0.590. The summed E-state index contributed by atoms with van der Waals surface area (Å²) >= 11 is 0. The molecule has 0 spiro atoms. The molecule has 2 aromatic rings. The van der Waals surface area contributed by atoms with E-state index >= 15 is 0 Å². The van der Waals surface area contributed by atoms with Crippen LogP contribution in [0.15, 0.2) is 24.4 Å². The summed E-state index contributed by atoms with van der Waals surface area (Å²) in [6, 6.07) is 8.69. The molecule has 2 rings (SSSR count). The van der Waals surface area contributed by atoms with Crippen LogP contribution in [-0.2, 0) is 6.42 Å². The predicted molar refractivity (Wildman–Crippen MR) is 66.3 cm³/mol. The maximum absolute atomic E-state index is 8.71. The first-order valence-electron chi connectivity index (χ1n) is 5.73. The Hall–Kier alpha value is -1.75. The molecule has 1 aromatic heterocycles. The number of aromatic amines is 1. The minimum absolute atomic E-state index is 0.475. The number of H-pyrrole nitrogens is 1. The highest BCUT2D eigenvalue weighted by molar-refractivity contribution is 5.84. The lowest BCUT2D eigenvalue weighted by Crippen LogP contribution is -1.90. The second-order valence-corrected chi connectivity index (χ2v) is 4.26. The minimum atomic E-state index is 0.475. The van der Waals surface area contributed by atoms with Gasteiger partial charge in [-0.2, -0.15) is 5.26 Å². The number of rotatable bonds is 3. The van der Waals surface area contributed by atoms with E-state index in [0.29, 0.717) is 12.3 Å². The Kier molecular flexibility index (Phi) is 2.96. The molecular formula is C14H16N2. The van der Waals surface area contributed by atoms with E-state index in [-0.39, 0.29) is 0 Å². The number of nitriles is 1. The van der Waals surface area contributed by atoms with Crippen LogP contribution in [0.25, 0.3) is 10.9 Å². The van der Waals surface area contributed by atoms with E-state index in [1.807, 2.05) is 6.20 Å². The fourth-order valence-corrected chi connectivity index (χ4v) is 1.98. The van der Waals surface area contributed by atoms with Gasteiger partial charge in [0.2, 0.25) is 0 Å². The van der Waals surface area contributed by atoms with Crippen molar-refractivity contribution >= 4 is 10.9 Å². The zero-order valence-corrected chi connectivity index (χ0v) is 9.75. The molecule has 2 nitrogen and oxygen atoms in total. The second kappa shape index (κ2) is 4.40. The Bertz CT molecular complexity index is 531. The molecule has 1 N–H and O–H groups in total. The van der Waals surface area contributed by atoms with E-state index in [9.17, 15) is 0 Å². The van der Waals surface area contributed by atoms with Crippen molar-refractivity contribution in [2.45, 2.75) is 32.6 Å². The first-order chi connectivity index (χ1) is 7.76. The third kappa shape index (κ3) is 1.81. The number of hydrogen-bond acceptors (Lipinski definition) is 1. The molecule has 0 bridgehead atoms. The van der Waals surface area contributed by atoms with E-state index in [0.717, 1.165) is 17.5 Å². The summed E-state index contributed by atoms with van der Waals surface area (Å²) in [6.45, 7) is 4.44. The van der Waals surface area contributed by atoms with Crippen LogP contribution in [0.1, 0.15) is 37.3 Å². The fourth-order valence-electron chi connectivity index (χ4n) is 1.98. The van der Waals surface area contributed by atoms with Gasteiger partial charge in [-0.05, 0) is 29.5 Å². The highest BCUT2D eigenvalue weighted by Crippen LogP contribution is 2.25. The topological polar surface area (TPSA) is 39.6 Å². The van der Waals surface area contributed by atoms with Gasteiger partial charge in [-0.3, -0.25) is 0 Å². The molecule has 1 unspecified atom stereocenters. The quantitative estimate of drug-likeness (QED) is 0.827. The number of fused-ring (bicyclic) bond motifs is 1. The highest BCUT2D eigenvalue weighted by atomic mass is 14.7. The molecule has 0 aliphatic rings. The molecule has 0 aliphatic carbocycles. The summed E-state index contributed by atoms with van der Waals surface area (Å²) < 4.78 is 0. The summed E-state index contributed by atoms with van der Waals surface area (Å²) in [5, 5.41) is 9.89. The molecule has 0 fully saturated rings. The van der Waals surface area contributed by atoms with Crippen molar-refractivity contribution in [3.8, 4) is 6.07 Å². The second-order valence-electron chi connectivity index (χ2n) is 4.26. The fraction of sp³-hybridized carbons (Fsp3) is 0.357. The average Bonchev–Trinajstić information content (AvgIpc) is 2.71. The summed E-state index contributed by atoms with van der Waals surface area (Å²) in [6.07, 6.45) is 3.56. The smallest absolute Gasteiger partial charge is 0.0670 e. The van der Waals surface area contributed by atoms with Gasteiger partial charge in [-0.25, -0.2) is 0 Å². The van der Waals surface area contributed by atoms with Gasteiger partial charge >= 0.3 is 0 Å². The lowest BCUT2D eigenvalue weighted by Gasteiger charge is -2.08. The zero-order chi connectivity index (χ0) is 11.5. The number of nitrogens with one attached hydrogen (secondary N) is 1. The first kappa shape index (κ1) is 10.8. The van der Waals surface area contributed by atoms with Gasteiger partial charge < -0.3 is 4.98 Å². The molecule has 2 heteroatoms. The largest absolute Gasteiger partial charge is 0.361 e. The lowest BCUT2D eigenvalue weighted by atomic mass is 9.97. The van der Waals surface area contributed by atoms with Gasteiger partial charge in [0.05, 0.1) is 12.5 Å². The Labute approximate surface area is 95.9 Å². The highest BCUT2D eigenvalue weighted by Gasteiger charge is 2.07. The van der Waals surface area contributed by atoms with Crippen molar-refractivity contribution < 1.29 is 0 Å². The monoisotopic (exact) mass is 212 g/mol. The Balaban J connectivity index is 2.45.